The van der Waals surface area contributed by atoms with Gasteiger partial charge in [-0.05, 0) is 54.2 Å². The van der Waals surface area contributed by atoms with Crippen molar-refractivity contribution in [3.63, 3.8) is 0 Å². The third-order valence-electron chi connectivity index (χ3n) is 4.13. The van der Waals surface area contributed by atoms with E-state index in [0.29, 0.717) is 17.1 Å². The summed E-state index contributed by atoms with van der Waals surface area (Å²) in [5.41, 5.74) is 0.699. The van der Waals surface area contributed by atoms with Crippen molar-refractivity contribution in [1.82, 2.24) is 10.2 Å². The van der Waals surface area contributed by atoms with Gasteiger partial charge in [-0.1, -0.05) is 0 Å². The Balaban J connectivity index is 1.68. The Morgan fingerprint density at radius 1 is 1.18 bits per heavy atom. The van der Waals surface area contributed by atoms with Crippen molar-refractivity contribution in [1.29, 1.82) is 0 Å². The Morgan fingerprint density at radius 3 is 2.61 bits per heavy atom. The number of nitro groups is 1. The van der Waals surface area contributed by atoms with Gasteiger partial charge in [-0.25, -0.2) is 4.90 Å². The number of non-ortho nitro benzene ring substituents is 1. The normalized spacial score (nSPS) is 16.4. The van der Waals surface area contributed by atoms with E-state index in [9.17, 15) is 19.7 Å². The molecule has 1 N–H and O–H groups in total. The van der Waals surface area contributed by atoms with E-state index in [0.717, 1.165) is 4.90 Å². The number of rotatable bonds is 3. The highest BCUT2D eigenvalue weighted by atomic mass is 32.1. The van der Waals surface area contributed by atoms with Crippen molar-refractivity contribution in [2.45, 2.75) is 0 Å². The highest BCUT2D eigenvalue weighted by molar-refractivity contribution is 7.80. The van der Waals surface area contributed by atoms with Crippen LogP contribution in [-0.2, 0) is 4.79 Å². The van der Waals surface area contributed by atoms with E-state index in [2.05, 4.69) is 5.32 Å². The summed E-state index contributed by atoms with van der Waals surface area (Å²) < 4.78 is 10.5. The van der Waals surface area contributed by atoms with E-state index in [1.165, 1.54) is 36.4 Å². The topological polar surface area (TPSA) is 111 Å². The first-order valence-electron chi connectivity index (χ1n) is 7.99. The lowest BCUT2D eigenvalue weighted by molar-refractivity contribution is -0.384. The third-order valence-corrected chi connectivity index (χ3v) is 4.41. The molecule has 140 valence electrons. The number of nitro benzene ring substituents is 1. The van der Waals surface area contributed by atoms with E-state index in [4.69, 9.17) is 21.7 Å². The van der Waals surface area contributed by atoms with Gasteiger partial charge in [0.15, 0.2) is 16.6 Å². The molecule has 2 aliphatic rings. The molecule has 0 bridgehead atoms. The maximum Gasteiger partial charge on any atom is 0.274 e. The van der Waals surface area contributed by atoms with Crippen LogP contribution in [0.3, 0.4) is 0 Å². The minimum Gasteiger partial charge on any atom is -0.454 e. The van der Waals surface area contributed by atoms with Crippen molar-refractivity contribution in [2.75, 3.05) is 6.79 Å². The number of carbonyl (C=O) groups excluding carboxylic acids is 2. The quantitative estimate of drug-likeness (QED) is 0.366. The number of carbonyl (C=O) groups is 2. The predicted molar refractivity (Wildman–Crippen MR) is 101 cm³/mol. The zero-order chi connectivity index (χ0) is 19.8. The number of nitrogens with zero attached hydrogens (tertiary/aromatic N) is 2. The molecule has 0 atom stereocenters. The molecule has 2 aromatic carbocycles. The molecule has 28 heavy (non-hydrogen) atoms. The standard InChI is InChI=1S/C18H11N3O6S/c22-16-13(7-10-1-4-12(5-2-10)21(24)25)20(18(28)19-16)17(23)11-3-6-14-15(8-11)27-9-26-14/h1-8H,9H2,(H,19,22,28)/b13-7+. The molecular weight excluding hydrogens is 386 g/mol. The Kier molecular flexibility index (Phi) is 4.24. The summed E-state index contributed by atoms with van der Waals surface area (Å²) in [7, 11) is 0. The minimum atomic E-state index is -0.544. The SMILES string of the molecule is O=C1NC(=S)N(C(=O)c2ccc3c(c2)OCO3)/C1=C/c1ccc([N+](=O)[O-])cc1. The second kappa shape index (κ2) is 6.74. The van der Waals surface area contributed by atoms with Gasteiger partial charge >= 0.3 is 0 Å². The van der Waals surface area contributed by atoms with Crippen LogP contribution in [0.25, 0.3) is 6.08 Å². The molecule has 0 aliphatic carbocycles. The molecule has 1 saturated heterocycles. The molecule has 9 nitrogen and oxygen atoms in total. The van der Waals surface area contributed by atoms with Crippen molar-refractivity contribution in [2.24, 2.45) is 0 Å². The fraction of sp³-hybridized carbons (Fsp3) is 0.0556. The maximum absolute atomic E-state index is 13.0. The minimum absolute atomic E-state index is 0.0153. The predicted octanol–water partition coefficient (Wildman–Crippen LogP) is 2.22. The number of hydrogen-bond acceptors (Lipinski definition) is 7. The Hall–Kier alpha value is -3.79. The number of amides is 2. The van der Waals surface area contributed by atoms with Gasteiger partial charge in [0.1, 0.15) is 5.70 Å². The van der Waals surface area contributed by atoms with Crippen molar-refractivity contribution in [3.8, 4) is 11.5 Å². The van der Waals surface area contributed by atoms with Gasteiger partial charge in [0.25, 0.3) is 17.5 Å². The van der Waals surface area contributed by atoms with E-state index in [1.54, 1.807) is 12.1 Å². The summed E-state index contributed by atoms with van der Waals surface area (Å²) in [5, 5.41) is 13.1. The van der Waals surface area contributed by atoms with Crippen LogP contribution < -0.4 is 14.8 Å². The lowest BCUT2D eigenvalue weighted by atomic mass is 10.1. The van der Waals surface area contributed by atoms with Gasteiger partial charge in [0.2, 0.25) is 6.79 Å². The molecule has 4 rings (SSSR count). The lowest BCUT2D eigenvalue weighted by Crippen LogP contribution is -2.33. The van der Waals surface area contributed by atoms with Gasteiger partial charge < -0.3 is 9.47 Å². The highest BCUT2D eigenvalue weighted by Gasteiger charge is 2.36. The summed E-state index contributed by atoms with van der Waals surface area (Å²) in [6, 6.07) is 10.2. The summed E-state index contributed by atoms with van der Waals surface area (Å²) in [4.78, 5) is 36.6. The van der Waals surface area contributed by atoms with Crippen molar-refractivity contribution in [3.05, 3.63) is 69.4 Å². The number of hydrogen-bond donors (Lipinski definition) is 1. The molecule has 0 aromatic heterocycles. The van der Waals surface area contributed by atoms with Gasteiger partial charge in [0.05, 0.1) is 4.92 Å². The molecular formula is C18H11N3O6S. The Bertz CT molecular complexity index is 1060. The summed E-state index contributed by atoms with van der Waals surface area (Å²) in [6.45, 7) is 0.0699. The van der Waals surface area contributed by atoms with Crippen LogP contribution in [0.15, 0.2) is 48.2 Å². The van der Waals surface area contributed by atoms with Crippen LogP contribution in [0.1, 0.15) is 15.9 Å². The van der Waals surface area contributed by atoms with E-state index < -0.39 is 16.7 Å². The van der Waals surface area contributed by atoms with E-state index in [1.807, 2.05) is 0 Å². The average molecular weight is 397 g/mol. The molecule has 0 saturated carbocycles. The van der Waals surface area contributed by atoms with Gasteiger partial charge in [-0.15, -0.1) is 0 Å². The van der Waals surface area contributed by atoms with E-state index in [-0.39, 0.29) is 28.9 Å². The molecule has 0 radical (unpaired) electrons. The van der Waals surface area contributed by atoms with E-state index >= 15 is 0 Å². The summed E-state index contributed by atoms with van der Waals surface area (Å²) in [6.07, 6.45) is 1.43. The molecule has 0 unspecified atom stereocenters. The van der Waals surface area contributed by atoms with Crippen LogP contribution in [0.5, 0.6) is 11.5 Å². The first-order chi connectivity index (χ1) is 13.4. The van der Waals surface area contributed by atoms with Crippen molar-refractivity contribution < 1.29 is 24.0 Å². The lowest BCUT2D eigenvalue weighted by Gasteiger charge is -2.15. The van der Waals surface area contributed by atoms with Crippen molar-refractivity contribution >= 4 is 40.9 Å². The van der Waals surface area contributed by atoms with Crippen LogP contribution in [0, 0.1) is 10.1 Å². The monoisotopic (exact) mass is 397 g/mol. The second-order valence-electron chi connectivity index (χ2n) is 5.85. The zero-order valence-electron chi connectivity index (χ0n) is 14.1. The number of fused-ring (bicyclic) bond motifs is 1. The number of nitrogens with one attached hydrogen (secondary N) is 1. The number of ether oxygens (including phenoxy) is 2. The van der Waals surface area contributed by atoms with Crippen LogP contribution in [0.2, 0.25) is 0 Å². The fourth-order valence-corrected chi connectivity index (χ4v) is 3.04. The molecule has 0 spiro atoms. The third kappa shape index (κ3) is 3.05. The molecule has 2 aliphatic heterocycles. The molecule has 2 aromatic rings. The molecule has 1 fully saturated rings. The second-order valence-corrected chi connectivity index (χ2v) is 6.23. The summed E-state index contributed by atoms with van der Waals surface area (Å²) in [5.74, 6) is -0.111. The summed E-state index contributed by atoms with van der Waals surface area (Å²) >= 11 is 5.13. The molecule has 2 amide bonds. The average Bonchev–Trinajstić information content (AvgIpc) is 3.25. The first kappa shape index (κ1) is 17.6. The zero-order valence-corrected chi connectivity index (χ0v) is 14.9. The fourth-order valence-electron chi connectivity index (χ4n) is 2.77. The molecule has 2 heterocycles. The Labute approximate surface area is 163 Å². The first-order valence-corrected chi connectivity index (χ1v) is 8.40. The van der Waals surface area contributed by atoms with Gasteiger partial charge in [-0.2, -0.15) is 0 Å². The number of benzene rings is 2. The van der Waals surface area contributed by atoms with Crippen LogP contribution in [-0.4, -0.2) is 33.5 Å². The van der Waals surface area contributed by atoms with Crippen LogP contribution >= 0.6 is 12.2 Å². The highest BCUT2D eigenvalue weighted by Crippen LogP contribution is 2.33. The van der Waals surface area contributed by atoms with Crippen LogP contribution in [0.4, 0.5) is 5.69 Å². The Morgan fingerprint density at radius 2 is 1.89 bits per heavy atom. The maximum atomic E-state index is 13.0. The smallest absolute Gasteiger partial charge is 0.274 e. The largest absolute Gasteiger partial charge is 0.454 e. The number of thiocarbonyl (C=S) groups is 1. The van der Waals surface area contributed by atoms with Gasteiger partial charge in [-0.3, -0.25) is 25.0 Å². The molecule has 10 heteroatoms. The van der Waals surface area contributed by atoms with Gasteiger partial charge in [0, 0.05) is 17.7 Å².